The summed E-state index contributed by atoms with van der Waals surface area (Å²) in [6.45, 7) is 13.3. The number of alkyl carbamates (subject to hydrolysis) is 1. The zero-order valence-corrected chi connectivity index (χ0v) is 22.7. The lowest BCUT2D eigenvalue weighted by atomic mass is 9.80. The van der Waals surface area contributed by atoms with Crippen LogP contribution in [0, 0.1) is 5.41 Å². The fourth-order valence-electron chi connectivity index (χ4n) is 5.46. The summed E-state index contributed by atoms with van der Waals surface area (Å²) < 4.78 is 5.39. The van der Waals surface area contributed by atoms with Crippen molar-refractivity contribution in [2.45, 2.75) is 71.8 Å². The van der Waals surface area contributed by atoms with Gasteiger partial charge in [-0.1, -0.05) is 32.0 Å². The molecule has 4 heterocycles. The van der Waals surface area contributed by atoms with Crippen molar-refractivity contribution in [3.05, 3.63) is 36.0 Å². The first-order chi connectivity index (χ1) is 17.7. The van der Waals surface area contributed by atoms with Gasteiger partial charge in [0, 0.05) is 31.9 Å². The van der Waals surface area contributed by atoms with Gasteiger partial charge >= 0.3 is 6.09 Å². The molecule has 5 rings (SSSR count). The van der Waals surface area contributed by atoms with Crippen molar-refractivity contribution < 1.29 is 9.53 Å². The Morgan fingerprint density at radius 2 is 1.97 bits per heavy atom. The van der Waals surface area contributed by atoms with Crippen LogP contribution in [-0.4, -0.2) is 58.0 Å². The van der Waals surface area contributed by atoms with E-state index in [-0.39, 0.29) is 11.5 Å². The Morgan fingerprint density at radius 3 is 2.70 bits per heavy atom. The number of rotatable bonds is 5. The molecule has 0 unspecified atom stereocenters. The van der Waals surface area contributed by atoms with Gasteiger partial charge in [-0.05, 0) is 69.4 Å². The molecule has 2 aliphatic rings. The molecule has 2 aliphatic heterocycles. The first kappa shape index (κ1) is 25.3. The van der Waals surface area contributed by atoms with Gasteiger partial charge in [-0.3, -0.25) is 5.10 Å². The van der Waals surface area contributed by atoms with Gasteiger partial charge in [0.25, 0.3) is 0 Å². The van der Waals surface area contributed by atoms with Crippen molar-refractivity contribution in [3.8, 4) is 0 Å². The third-order valence-corrected chi connectivity index (χ3v) is 7.71. The number of anilines is 3. The maximum absolute atomic E-state index is 12.1. The molecule has 1 amide bonds. The molecule has 1 aromatic carbocycles. The van der Waals surface area contributed by atoms with Gasteiger partial charge in [0.05, 0.1) is 6.20 Å². The van der Waals surface area contributed by atoms with Gasteiger partial charge in [-0.25, -0.2) is 14.8 Å². The van der Waals surface area contributed by atoms with E-state index in [1.807, 2.05) is 27.0 Å². The quantitative estimate of drug-likeness (QED) is 0.471. The second-order valence-electron chi connectivity index (χ2n) is 11.7. The average Bonchev–Trinajstić information content (AvgIpc) is 3.29. The van der Waals surface area contributed by atoms with Crippen LogP contribution in [-0.2, 0) is 4.74 Å². The zero-order valence-electron chi connectivity index (χ0n) is 22.7. The summed E-state index contributed by atoms with van der Waals surface area (Å²) in [6.07, 6.45) is 5.64. The predicted octanol–water partition coefficient (Wildman–Crippen LogP) is 5.52. The van der Waals surface area contributed by atoms with E-state index in [4.69, 9.17) is 14.7 Å². The van der Waals surface area contributed by atoms with Crippen LogP contribution in [0.1, 0.15) is 71.8 Å². The van der Waals surface area contributed by atoms with Crippen molar-refractivity contribution >= 4 is 34.6 Å². The molecule has 1 saturated heterocycles. The molecule has 0 radical (unpaired) electrons. The van der Waals surface area contributed by atoms with Gasteiger partial charge in [0.15, 0.2) is 17.0 Å². The van der Waals surface area contributed by atoms with Crippen LogP contribution in [0.5, 0.6) is 0 Å². The SMILES string of the molecule is CC[C@@H]1CCN(c2n[nH]c3nc(N4CCC(C)(CNC(=O)OC(C)(C)C)CC4)cnc23)c2ccccc21. The zero-order chi connectivity index (χ0) is 26.2. The Morgan fingerprint density at radius 1 is 1.22 bits per heavy atom. The lowest BCUT2D eigenvalue weighted by molar-refractivity contribution is 0.0495. The molecular weight excluding hydrogens is 466 g/mol. The Kier molecular flexibility index (Phi) is 6.72. The van der Waals surface area contributed by atoms with Crippen molar-refractivity contribution in [1.29, 1.82) is 0 Å². The molecule has 3 aromatic rings. The first-order valence-corrected chi connectivity index (χ1v) is 13.5. The van der Waals surface area contributed by atoms with Crippen LogP contribution >= 0.6 is 0 Å². The van der Waals surface area contributed by atoms with Gasteiger partial charge in [0.1, 0.15) is 11.4 Å². The number of hydrogen-bond acceptors (Lipinski definition) is 7. The largest absolute Gasteiger partial charge is 0.444 e. The average molecular weight is 506 g/mol. The number of aromatic nitrogens is 4. The molecular formula is C28H39N7O2. The normalized spacial score (nSPS) is 19.5. The van der Waals surface area contributed by atoms with E-state index in [1.54, 1.807) is 0 Å². The van der Waals surface area contributed by atoms with Crippen LogP contribution in [0.15, 0.2) is 30.5 Å². The van der Waals surface area contributed by atoms with Crippen LogP contribution in [0.25, 0.3) is 11.2 Å². The minimum atomic E-state index is -0.493. The number of benzene rings is 1. The van der Waals surface area contributed by atoms with Gasteiger partial charge in [-0.15, -0.1) is 0 Å². The van der Waals surface area contributed by atoms with E-state index in [9.17, 15) is 4.79 Å². The minimum Gasteiger partial charge on any atom is -0.444 e. The lowest BCUT2D eigenvalue weighted by Crippen LogP contribution is -2.46. The minimum absolute atomic E-state index is 0.0179. The summed E-state index contributed by atoms with van der Waals surface area (Å²) in [5.74, 6) is 2.28. The summed E-state index contributed by atoms with van der Waals surface area (Å²) in [6, 6.07) is 8.63. The number of aromatic amines is 1. The van der Waals surface area contributed by atoms with Crippen LogP contribution in [0.3, 0.4) is 0 Å². The first-order valence-electron chi connectivity index (χ1n) is 13.5. The summed E-state index contributed by atoms with van der Waals surface area (Å²) in [7, 11) is 0. The Balaban J connectivity index is 1.26. The summed E-state index contributed by atoms with van der Waals surface area (Å²) in [5.41, 5.74) is 3.64. The smallest absolute Gasteiger partial charge is 0.407 e. The van der Waals surface area contributed by atoms with E-state index >= 15 is 0 Å². The monoisotopic (exact) mass is 505 g/mol. The second kappa shape index (κ2) is 9.84. The highest BCUT2D eigenvalue weighted by Crippen LogP contribution is 2.41. The molecule has 2 aromatic heterocycles. The lowest BCUT2D eigenvalue weighted by Gasteiger charge is -2.40. The molecule has 1 atom stereocenters. The number of ether oxygens (including phenoxy) is 1. The van der Waals surface area contributed by atoms with E-state index in [1.165, 1.54) is 11.3 Å². The highest BCUT2D eigenvalue weighted by molar-refractivity contribution is 5.88. The summed E-state index contributed by atoms with van der Waals surface area (Å²) >= 11 is 0. The van der Waals surface area contributed by atoms with Gasteiger partial charge in [-0.2, -0.15) is 5.10 Å². The number of carbonyl (C=O) groups excluding carboxylic acids is 1. The predicted molar refractivity (Wildman–Crippen MR) is 147 cm³/mol. The molecule has 198 valence electrons. The molecule has 0 saturated carbocycles. The number of H-pyrrole nitrogens is 1. The van der Waals surface area contributed by atoms with E-state index in [2.05, 4.69) is 63.4 Å². The number of fused-ring (bicyclic) bond motifs is 2. The molecule has 1 fully saturated rings. The van der Waals surface area contributed by atoms with Crippen molar-refractivity contribution in [1.82, 2.24) is 25.5 Å². The van der Waals surface area contributed by atoms with E-state index < -0.39 is 5.60 Å². The third-order valence-electron chi connectivity index (χ3n) is 7.71. The number of carbonyl (C=O) groups is 1. The van der Waals surface area contributed by atoms with Crippen molar-refractivity contribution in [2.75, 3.05) is 36.0 Å². The number of hydrogen-bond donors (Lipinski definition) is 2. The molecule has 37 heavy (non-hydrogen) atoms. The fraction of sp³-hybridized carbons (Fsp3) is 0.571. The maximum atomic E-state index is 12.1. The van der Waals surface area contributed by atoms with E-state index in [0.29, 0.717) is 18.1 Å². The number of para-hydroxylation sites is 1. The Labute approximate surface area is 219 Å². The van der Waals surface area contributed by atoms with E-state index in [0.717, 1.165) is 62.5 Å². The third kappa shape index (κ3) is 5.36. The molecule has 0 bridgehead atoms. The number of nitrogens with zero attached hydrogens (tertiary/aromatic N) is 5. The highest BCUT2D eigenvalue weighted by Gasteiger charge is 2.32. The topological polar surface area (TPSA) is 99.3 Å². The molecule has 9 heteroatoms. The number of nitrogens with one attached hydrogen (secondary N) is 2. The molecule has 0 aliphatic carbocycles. The maximum Gasteiger partial charge on any atom is 0.407 e. The van der Waals surface area contributed by atoms with Crippen LogP contribution < -0.4 is 15.1 Å². The summed E-state index contributed by atoms with van der Waals surface area (Å²) in [5, 5.41) is 10.7. The Hall–Kier alpha value is -3.36. The fourth-order valence-corrected chi connectivity index (χ4v) is 5.46. The van der Waals surface area contributed by atoms with Crippen molar-refractivity contribution in [2.24, 2.45) is 5.41 Å². The standard InChI is InChI=1S/C28H39N7O2/c1-6-19-11-14-35(21-10-8-7-9-20(19)21)25-23-24(32-33-25)31-22(17-29-23)34-15-12-28(5,13-16-34)18-30-26(36)37-27(2,3)4/h7-10,17,19H,6,11-16,18H2,1-5H3,(H,30,36)(H,31,32,33)/t19-/m1/s1. The molecule has 9 nitrogen and oxygen atoms in total. The van der Waals surface area contributed by atoms with Crippen LogP contribution in [0.4, 0.5) is 22.1 Å². The van der Waals surface area contributed by atoms with Gasteiger partial charge in [0.2, 0.25) is 0 Å². The van der Waals surface area contributed by atoms with Crippen molar-refractivity contribution in [3.63, 3.8) is 0 Å². The Bertz CT molecular complexity index is 1260. The van der Waals surface area contributed by atoms with Crippen LogP contribution in [0.2, 0.25) is 0 Å². The number of amides is 1. The molecule has 2 N–H and O–H groups in total. The van der Waals surface area contributed by atoms with Gasteiger partial charge < -0.3 is 19.9 Å². The second-order valence-corrected chi connectivity index (χ2v) is 11.7. The highest BCUT2D eigenvalue weighted by atomic mass is 16.6. The number of piperidine rings is 1. The summed E-state index contributed by atoms with van der Waals surface area (Å²) in [4.78, 5) is 26.4. The molecule has 0 spiro atoms.